The Morgan fingerprint density at radius 2 is 1.95 bits per heavy atom. The minimum Gasteiger partial charge on any atom is -0.492 e. The number of unbranched alkanes of at least 4 members (excludes halogenated alkanes) is 1. The number of para-hydroxylation sites is 1. The number of benzene rings is 1. The van der Waals surface area contributed by atoms with Gasteiger partial charge in [0, 0.05) is 31.9 Å². The summed E-state index contributed by atoms with van der Waals surface area (Å²) >= 11 is 3.56. The number of ether oxygens (including phenoxy) is 2. The molecule has 0 unspecified atom stereocenters. The first-order valence-electron chi connectivity index (χ1n) is 6.77. The maximum atomic E-state index is 5.90. The van der Waals surface area contributed by atoms with Crippen LogP contribution in [0.25, 0.3) is 0 Å². The minimum atomic E-state index is 0.466. The molecule has 3 nitrogen and oxygen atoms in total. The molecule has 1 aromatic rings. The van der Waals surface area contributed by atoms with Gasteiger partial charge < -0.3 is 14.8 Å². The Hall–Kier alpha value is -0.580. The maximum absolute atomic E-state index is 5.90. The molecule has 0 spiro atoms. The Morgan fingerprint density at radius 1 is 1.21 bits per heavy atom. The van der Waals surface area contributed by atoms with Crippen molar-refractivity contribution in [3.05, 3.63) is 28.2 Å². The zero-order valence-electron chi connectivity index (χ0n) is 12.0. The number of hydrogen-bond acceptors (Lipinski definition) is 3. The highest BCUT2D eigenvalue weighted by atomic mass is 79.9. The summed E-state index contributed by atoms with van der Waals surface area (Å²) in [5.74, 6) is 0.952. The highest BCUT2D eigenvalue weighted by molar-refractivity contribution is 9.10. The Labute approximate surface area is 124 Å². The predicted octanol–water partition coefficient (Wildman–Crippen LogP) is 3.75. The first kappa shape index (κ1) is 16.5. The molecular formula is C15H24BrNO2. The van der Waals surface area contributed by atoms with E-state index < -0.39 is 0 Å². The molecule has 1 aromatic carbocycles. The van der Waals surface area contributed by atoms with Gasteiger partial charge in [-0.15, -0.1) is 0 Å². The second kappa shape index (κ2) is 9.34. The van der Waals surface area contributed by atoms with Gasteiger partial charge in [-0.05, 0) is 34.8 Å². The molecule has 0 aliphatic carbocycles. The van der Waals surface area contributed by atoms with Crippen LogP contribution in [0.3, 0.4) is 0 Å². The van der Waals surface area contributed by atoms with E-state index in [0.717, 1.165) is 42.8 Å². The third-order valence-corrected chi connectivity index (χ3v) is 3.36. The van der Waals surface area contributed by atoms with Crippen molar-refractivity contribution < 1.29 is 9.47 Å². The second-order valence-corrected chi connectivity index (χ2v) is 5.67. The van der Waals surface area contributed by atoms with Crippen molar-refractivity contribution in [2.75, 3.05) is 20.3 Å². The lowest BCUT2D eigenvalue weighted by Crippen LogP contribution is -2.22. The fourth-order valence-electron chi connectivity index (χ4n) is 1.69. The lowest BCUT2D eigenvalue weighted by atomic mass is 10.2. The van der Waals surface area contributed by atoms with E-state index in [9.17, 15) is 0 Å². The van der Waals surface area contributed by atoms with Crippen LogP contribution in [0.5, 0.6) is 5.75 Å². The molecule has 0 aliphatic rings. The van der Waals surface area contributed by atoms with Crippen molar-refractivity contribution in [3.63, 3.8) is 0 Å². The van der Waals surface area contributed by atoms with Crippen LogP contribution in [0, 0.1) is 0 Å². The topological polar surface area (TPSA) is 30.5 Å². The average Bonchev–Trinajstić information content (AvgIpc) is 2.38. The van der Waals surface area contributed by atoms with Gasteiger partial charge in [0.15, 0.2) is 0 Å². The fourth-order valence-corrected chi connectivity index (χ4v) is 2.21. The van der Waals surface area contributed by atoms with Gasteiger partial charge in [0.25, 0.3) is 0 Å². The van der Waals surface area contributed by atoms with Gasteiger partial charge in [0.05, 0.1) is 11.1 Å². The zero-order valence-corrected chi connectivity index (χ0v) is 13.6. The summed E-state index contributed by atoms with van der Waals surface area (Å²) < 4.78 is 12.0. The first-order chi connectivity index (χ1) is 9.15. The van der Waals surface area contributed by atoms with Crippen molar-refractivity contribution in [3.8, 4) is 5.75 Å². The van der Waals surface area contributed by atoms with Gasteiger partial charge in [0.1, 0.15) is 5.75 Å². The summed E-state index contributed by atoms with van der Waals surface area (Å²) in [6, 6.07) is 6.63. The van der Waals surface area contributed by atoms with Crippen LogP contribution in [-0.2, 0) is 11.3 Å². The summed E-state index contributed by atoms with van der Waals surface area (Å²) in [6.45, 7) is 6.62. The molecule has 0 aliphatic heterocycles. The van der Waals surface area contributed by atoms with Crippen LogP contribution in [0.1, 0.15) is 32.3 Å². The molecule has 0 aromatic heterocycles. The first-order valence-corrected chi connectivity index (χ1v) is 7.57. The van der Waals surface area contributed by atoms with E-state index in [0.29, 0.717) is 6.04 Å². The van der Waals surface area contributed by atoms with Gasteiger partial charge in [-0.25, -0.2) is 0 Å². The van der Waals surface area contributed by atoms with Crippen molar-refractivity contribution in [1.29, 1.82) is 0 Å². The number of halogens is 1. The van der Waals surface area contributed by atoms with Crippen LogP contribution in [-0.4, -0.2) is 26.4 Å². The Bertz CT molecular complexity index is 369. The van der Waals surface area contributed by atoms with Crippen LogP contribution < -0.4 is 10.1 Å². The van der Waals surface area contributed by atoms with Crippen LogP contribution in [0.15, 0.2) is 22.7 Å². The fraction of sp³-hybridized carbons (Fsp3) is 0.600. The van der Waals surface area contributed by atoms with Gasteiger partial charge in [0.2, 0.25) is 0 Å². The number of methoxy groups -OCH3 is 1. The van der Waals surface area contributed by atoms with Crippen molar-refractivity contribution in [2.24, 2.45) is 0 Å². The van der Waals surface area contributed by atoms with Crippen molar-refractivity contribution >= 4 is 15.9 Å². The SMILES string of the molecule is COCCCCOc1c(Br)cccc1CNC(C)C. The highest BCUT2D eigenvalue weighted by Crippen LogP contribution is 2.29. The lowest BCUT2D eigenvalue weighted by Gasteiger charge is -2.15. The molecule has 1 rings (SSSR count). The molecule has 19 heavy (non-hydrogen) atoms. The van der Waals surface area contributed by atoms with E-state index in [1.54, 1.807) is 7.11 Å². The smallest absolute Gasteiger partial charge is 0.137 e. The lowest BCUT2D eigenvalue weighted by molar-refractivity contribution is 0.184. The van der Waals surface area contributed by atoms with E-state index in [1.807, 2.05) is 12.1 Å². The Balaban J connectivity index is 2.54. The zero-order chi connectivity index (χ0) is 14.1. The van der Waals surface area contributed by atoms with Crippen LogP contribution in [0.2, 0.25) is 0 Å². The summed E-state index contributed by atoms with van der Waals surface area (Å²) in [5.41, 5.74) is 1.19. The summed E-state index contributed by atoms with van der Waals surface area (Å²) in [6.07, 6.45) is 2.03. The molecule has 0 atom stereocenters. The van der Waals surface area contributed by atoms with Crippen molar-refractivity contribution in [1.82, 2.24) is 5.32 Å². The van der Waals surface area contributed by atoms with Crippen molar-refractivity contribution in [2.45, 2.75) is 39.3 Å². The molecule has 0 saturated carbocycles. The summed E-state index contributed by atoms with van der Waals surface area (Å²) in [5, 5.41) is 3.42. The second-order valence-electron chi connectivity index (χ2n) is 4.81. The largest absolute Gasteiger partial charge is 0.492 e. The summed E-state index contributed by atoms with van der Waals surface area (Å²) in [4.78, 5) is 0. The number of hydrogen-bond donors (Lipinski definition) is 1. The minimum absolute atomic E-state index is 0.466. The van der Waals surface area contributed by atoms with E-state index in [2.05, 4.69) is 41.2 Å². The monoisotopic (exact) mass is 329 g/mol. The quantitative estimate of drug-likeness (QED) is 0.700. The average molecular weight is 330 g/mol. The molecule has 0 amide bonds. The predicted molar refractivity (Wildman–Crippen MR) is 82.7 cm³/mol. The van der Waals surface area contributed by atoms with E-state index >= 15 is 0 Å². The third-order valence-electron chi connectivity index (χ3n) is 2.74. The highest BCUT2D eigenvalue weighted by Gasteiger charge is 2.08. The molecule has 0 bridgehead atoms. The van der Waals surface area contributed by atoms with Crippen LogP contribution >= 0.6 is 15.9 Å². The van der Waals surface area contributed by atoms with Gasteiger partial charge in [-0.3, -0.25) is 0 Å². The van der Waals surface area contributed by atoms with Gasteiger partial charge >= 0.3 is 0 Å². The molecule has 0 heterocycles. The molecule has 108 valence electrons. The molecule has 0 fully saturated rings. The Morgan fingerprint density at radius 3 is 2.63 bits per heavy atom. The molecular weight excluding hydrogens is 306 g/mol. The van der Waals surface area contributed by atoms with E-state index in [-0.39, 0.29) is 0 Å². The Kier molecular flexibility index (Phi) is 8.10. The van der Waals surface area contributed by atoms with E-state index in [1.165, 1.54) is 5.56 Å². The maximum Gasteiger partial charge on any atom is 0.137 e. The van der Waals surface area contributed by atoms with Gasteiger partial charge in [-0.1, -0.05) is 26.0 Å². The summed E-state index contributed by atoms with van der Waals surface area (Å²) in [7, 11) is 1.73. The standard InChI is InChI=1S/C15H24BrNO2/c1-12(2)17-11-13-7-6-8-14(16)15(13)19-10-5-4-9-18-3/h6-8,12,17H,4-5,9-11H2,1-3H3. The molecule has 4 heteroatoms. The molecule has 0 saturated heterocycles. The van der Waals surface area contributed by atoms with Gasteiger partial charge in [-0.2, -0.15) is 0 Å². The molecule has 1 N–H and O–H groups in total. The third kappa shape index (κ3) is 6.41. The number of nitrogens with one attached hydrogen (secondary N) is 1. The van der Waals surface area contributed by atoms with E-state index in [4.69, 9.17) is 9.47 Å². The normalized spacial score (nSPS) is 11.0. The molecule has 0 radical (unpaired) electrons. The number of rotatable bonds is 9. The van der Waals surface area contributed by atoms with Crippen LogP contribution in [0.4, 0.5) is 0 Å².